The minimum absolute atomic E-state index is 0.0575. The number of phosphoric acid groups is 1. The van der Waals surface area contributed by atoms with Crippen molar-refractivity contribution < 1.29 is 37.6 Å². The van der Waals surface area contributed by atoms with Crippen molar-refractivity contribution in [2.24, 2.45) is 5.73 Å². The van der Waals surface area contributed by atoms with E-state index in [2.05, 4.69) is 13.8 Å². The summed E-state index contributed by atoms with van der Waals surface area (Å²) in [7, 11) is -4.36. The van der Waals surface area contributed by atoms with Gasteiger partial charge in [-0.05, 0) is 12.8 Å². The Kier molecular flexibility index (Phi) is 31.3. The SMILES string of the molecule is CCCCCCCCCCCCCCCC(=O)OC[C@@H](COP(=O)(O)OCCN)OC(=O)CCCCCCCCCCCC. The molecule has 44 heavy (non-hydrogen) atoms. The van der Waals surface area contributed by atoms with Crippen molar-refractivity contribution in [1.29, 1.82) is 0 Å². The summed E-state index contributed by atoms with van der Waals surface area (Å²) in [5, 5.41) is 0. The number of rotatable bonds is 34. The van der Waals surface area contributed by atoms with Crippen molar-refractivity contribution in [1.82, 2.24) is 0 Å². The molecule has 0 aromatic rings. The van der Waals surface area contributed by atoms with Crippen LogP contribution in [0.4, 0.5) is 0 Å². The highest BCUT2D eigenvalue weighted by molar-refractivity contribution is 7.47. The van der Waals surface area contributed by atoms with Gasteiger partial charge in [-0.15, -0.1) is 0 Å². The molecule has 0 aromatic carbocycles. The van der Waals surface area contributed by atoms with Crippen LogP contribution in [0.15, 0.2) is 0 Å². The largest absolute Gasteiger partial charge is 0.472 e. The Labute approximate surface area is 269 Å². The van der Waals surface area contributed by atoms with Crippen LogP contribution in [0.25, 0.3) is 0 Å². The molecule has 0 amide bonds. The molecule has 0 saturated heterocycles. The first kappa shape index (κ1) is 43.0. The number of ether oxygens (including phenoxy) is 2. The van der Waals surface area contributed by atoms with Gasteiger partial charge in [0.25, 0.3) is 0 Å². The molecule has 9 nitrogen and oxygen atoms in total. The van der Waals surface area contributed by atoms with Crippen LogP contribution in [0, 0.1) is 0 Å². The van der Waals surface area contributed by atoms with Crippen molar-refractivity contribution in [3.63, 3.8) is 0 Å². The van der Waals surface area contributed by atoms with E-state index in [0.717, 1.165) is 32.1 Å². The summed E-state index contributed by atoms with van der Waals surface area (Å²) in [5.41, 5.74) is 5.32. The highest BCUT2D eigenvalue weighted by atomic mass is 31.2. The van der Waals surface area contributed by atoms with Gasteiger partial charge in [-0.1, -0.05) is 149 Å². The molecule has 0 aliphatic heterocycles. The molecule has 3 N–H and O–H groups in total. The number of hydrogen-bond donors (Lipinski definition) is 2. The van der Waals surface area contributed by atoms with E-state index in [9.17, 15) is 19.0 Å². The zero-order valence-electron chi connectivity index (χ0n) is 28.4. The van der Waals surface area contributed by atoms with Crippen molar-refractivity contribution in [2.45, 2.75) is 180 Å². The van der Waals surface area contributed by atoms with Crippen LogP contribution in [0.2, 0.25) is 0 Å². The van der Waals surface area contributed by atoms with Crippen molar-refractivity contribution >= 4 is 19.8 Å². The highest BCUT2D eigenvalue weighted by Gasteiger charge is 2.25. The lowest BCUT2D eigenvalue weighted by atomic mass is 10.0. The van der Waals surface area contributed by atoms with Gasteiger partial charge in [0.1, 0.15) is 6.61 Å². The summed E-state index contributed by atoms with van der Waals surface area (Å²) in [4.78, 5) is 34.5. The van der Waals surface area contributed by atoms with Gasteiger partial charge in [-0.2, -0.15) is 0 Å². The minimum atomic E-state index is -4.36. The molecule has 0 saturated carbocycles. The number of unbranched alkanes of at least 4 members (excludes halogenated alkanes) is 21. The van der Waals surface area contributed by atoms with Crippen LogP contribution in [-0.2, 0) is 32.7 Å². The van der Waals surface area contributed by atoms with Gasteiger partial charge in [0.05, 0.1) is 13.2 Å². The quantitative estimate of drug-likeness (QED) is 0.0397. The average molecular weight is 650 g/mol. The predicted octanol–water partition coefficient (Wildman–Crippen LogP) is 9.33. The Morgan fingerprint density at radius 3 is 1.39 bits per heavy atom. The van der Waals surface area contributed by atoms with Gasteiger partial charge in [-0.25, -0.2) is 4.57 Å². The molecular formula is C34H68NO8P. The zero-order chi connectivity index (χ0) is 32.6. The van der Waals surface area contributed by atoms with Crippen molar-refractivity contribution in [2.75, 3.05) is 26.4 Å². The van der Waals surface area contributed by atoms with Gasteiger partial charge < -0.3 is 20.1 Å². The van der Waals surface area contributed by atoms with E-state index in [4.69, 9.17) is 24.3 Å². The fourth-order valence-corrected chi connectivity index (χ4v) is 5.81. The maximum Gasteiger partial charge on any atom is 0.472 e. The van der Waals surface area contributed by atoms with Crippen LogP contribution in [-0.4, -0.2) is 49.3 Å². The highest BCUT2D eigenvalue weighted by Crippen LogP contribution is 2.43. The molecule has 0 radical (unpaired) electrons. The summed E-state index contributed by atoms with van der Waals surface area (Å²) in [6.07, 6.45) is 27.0. The van der Waals surface area contributed by atoms with E-state index in [0.29, 0.717) is 6.42 Å². The van der Waals surface area contributed by atoms with Crippen LogP contribution in [0.3, 0.4) is 0 Å². The second-order valence-corrected chi connectivity index (χ2v) is 13.6. The average Bonchev–Trinajstić information content (AvgIpc) is 3.00. The number of hydrogen-bond acceptors (Lipinski definition) is 8. The third-order valence-electron chi connectivity index (χ3n) is 7.74. The topological polar surface area (TPSA) is 134 Å². The molecule has 0 bridgehead atoms. The number of esters is 2. The van der Waals surface area contributed by atoms with Gasteiger partial charge in [0, 0.05) is 19.4 Å². The lowest BCUT2D eigenvalue weighted by Gasteiger charge is -2.19. The van der Waals surface area contributed by atoms with Crippen molar-refractivity contribution in [3.8, 4) is 0 Å². The first-order valence-electron chi connectivity index (χ1n) is 18.0. The molecule has 0 heterocycles. The summed E-state index contributed by atoms with van der Waals surface area (Å²) in [6.45, 7) is 3.71. The van der Waals surface area contributed by atoms with E-state index >= 15 is 0 Å². The zero-order valence-corrected chi connectivity index (χ0v) is 29.3. The molecule has 0 aliphatic rings. The molecular weight excluding hydrogens is 581 g/mol. The molecule has 2 atom stereocenters. The Balaban J connectivity index is 4.21. The third-order valence-corrected chi connectivity index (χ3v) is 8.73. The van der Waals surface area contributed by atoms with E-state index in [1.165, 1.54) is 109 Å². The maximum absolute atomic E-state index is 12.4. The first-order chi connectivity index (χ1) is 21.3. The normalized spacial score (nSPS) is 13.5. The lowest BCUT2D eigenvalue weighted by molar-refractivity contribution is -0.161. The van der Waals surface area contributed by atoms with Crippen LogP contribution in [0.5, 0.6) is 0 Å². The maximum atomic E-state index is 12.4. The standard InChI is InChI=1S/C34H68NO8P/c1-3-5-7-9-11-13-15-16-17-19-20-22-24-26-33(36)40-30-32(31-42-44(38,39)41-29-28-35)43-34(37)27-25-23-21-18-14-12-10-8-6-4-2/h32H,3-31,35H2,1-2H3,(H,38,39)/t32-/m0/s1. The summed E-state index contributed by atoms with van der Waals surface area (Å²) >= 11 is 0. The molecule has 0 aromatic heterocycles. The number of nitrogens with two attached hydrogens (primary N) is 1. The van der Waals surface area contributed by atoms with E-state index in [-0.39, 0.29) is 38.6 Å². The van der Waals surface area contributed by atoms with E-state index in [1.807, 2.05) is 0 Å². The fraction of sp³-hybridized carbons (Fsp3) is 0.941. The van der Waals surface area contributed by atoms with Gasteiger partial charge in [0.15, 0.2) is 6.10 Å². The molecule has 262 valence electrons. The van der Waals surface area contributed by atoms with Crippen LogP contribution >= 0.6 is 7.82 Å². The Morgan fingerprint density at radius 1 is 0.591 bits per heavy atom. The Hall–Kier alpha value is -0.990. The lowest BCUT2D eigenvalue weighted by Crippen LogP contribution is -2.29. The molecule has 1 unspecified atom stereocenters. The van der Waals surface area contributed by atoms with E-state index in [1.54, 1.807) is 0 Å². The number of carbonyl (C=O) groups excluding carboxylic acids is 2. The van der Waals surface area contributed by atoms with Gasteiger partial charge in [-0.3, -0.25) is 18.6 Å². The molecule has 0 spiro atoms. The van der Waals surface area contributed by atoms with Crippen LogP contribution < -0.4 is 5.73 Å². The van der Waals surface area contributed by atoms with Gasteiger partial charge >= 0.3 is 19.8 Å². The van der Waals surface area contributed by atoms with Crippen LogP contribution in [0.1, 0.15) is 174 Å². The monoisotopic (exact) mass is 649 g/mol. The minimum Gasteiger partial charge on any atom is -0.462 e. The summed E-state index contributed by atoms with van der Waals surface area (Å²) in [5.74, 6) is -0.822. The van der Waals surface area contributed by atoms with Crippen molar-refractivity contribution in [3.05, 3.63) is 0 Å². The summed E-state index contributed by atoms with van der Waals surface area (Å²) in [6, 6.07) is 0. The summed E-state index contributed by atoms with van der Waals surface area (Å²) < 4.78 is 32.5. The van der Waals surface area contributed by atoms with E-state index < -0.39 is 26.5 Å². The number of carbonyl (C=O) groups is 2. The third kappa shape index (κ3) is 31.0. The second-order valence-electron chi connectivity index (χ2n) is 12.1. The molecule has 0 aliphatic carbocycles. The number of phosphoric ester groups is 1. The molecule has 0 fully saturated rings. The second kappa shape index (κ2) is 32.0. The molecule has 10 heteroatoms. The smallest absolute Gasteiger partial charge is 0.462 e. The first-order valence-corrected chi connectivity index (χ1v) is 19.5. The predicted molar refractivity (Wildman–Crippen MR) is 178 cm³/mol. The van der Waals surface area contributed by atoms with Gasteiger partial charge in [0.2, 0.25) is 0 Å². The Morgan fingerprint density at radius 2 is 0.977 bits per heavy atom. The fourth-order valence-electron chi connectivity index (χ4n) is 5.05. The molecule has 0 rings (SSSR count). The Bertz CT molecular complexity index is 709.